The second-order valence-electron chi connectivity index (χ2n) is 6.70. The fourth-order valence-corrected chi connectivity index (χ4v) is 4.33. The summed E-state index contributed by atoms with van der Waals surface area (Å²) >= 11 is 1.67. The van der Waals surface area contributed by atoms with Gasteiger partial charge in [0, 0.05) is 23.4 Å². The summed E-state index contributed by atoms with van der Waals surface area (Å²) in [7, 11) is -4.05. The Bertz CT molecular complexity index is 923. The summed E-state index contributed by atoms with van der Waals surface area (Å²) in [5.74, 6) is 0.438. The van der Waals surface area contributed by atoms with Gasteiger partial charge in [0.1, 0.15) is 6.33 Å². The molecule has 2 heterocycles. The molecule has 0 saturated heterocycles. The third kappa shape index (κ3) is 6.14. The summed E-state index contributed by atoms with van der Waals surface area (Å²) < 4.78 is 26.5. The first-order chi connectivity index (χ1) is 13.9. The van der Waals surface area contributed by atoms with Gasteiger partial charge in [-0.05, 0) is 30.7 Å². The molecule has 1 aliphatic carbocycles. The first kappa shape index (κ1) is 21.5. The lowest BCUT2D eigenvalue weighted by Gasteiger charge is -2.16. The number of aliphatic hydroxyl groups excluding tert-OH is 1. The fraction of sp³-hybridized carbons (Fsp3) is 0.500. The molecule has 1 aliphatic rings. The highest BCUT2D eigenvalue weighted by atomic mass is 32.2. The number of nitrogens with zero attached hydrogens (tertiary/aromatic N) is 3. The molecule has 2 aromatic heterocycles. The van der Waals surface area contributed by atoms with E-state index in [0.717, 1.165) is 6.42 Å². The number of anilines is 2. The first-order valence-electron chi connectivity index (χ1n) is 8.96. The minimum absolute atomic E-state index is 0.187. The molecule has 0 aromatic carbocycles. The van der Waals surface area contributed by atoms with E-state index < -0.39 is 16.4 Å². The Morgan fingerprint density at radius 1 is 1.38 bits per heavy atom. The van der Waals surface area contributed by atoms with Crippen LogP contribution in [0.2, 0.25) is 0 Å². The van der Waals surface area contributed by atoms with Crippen LogP contribution in [0, 0.1) is 11.4 Å². The van der Waals surface area contributed by atoms with Crippen LogP contribution >= 0.6 is 11.3 Å². The van der Waals surface area contributed by atoms with Gasteiger partial charge in [-0.15, -0.1) is 11.3 Å². The van der Waals surface area contributed by atoms with Crippen LogP contribution in [-0.2, 0) is 20.9 Å². The molecule has 11 nitrogen and oxygen atoms in total. The minimum atomic E-state index is -4.05. The Balaban J connectivity index is 1.61. The van der Waals surface area contributed by atoms with Gasteiger partial charge < -0.3 is 15.7 Å². The lowest BCUT2D eigenvalue weighted by atomic mass is 10.1. The highest BCUT2D eigenvalue weighted by Gasteiger charge is 2.34. The number of rotatable bonds is 10. The zero-order chi connectivity index (χ0) is 20.9. The molecule has 1 saturated carbocycles. The SMILES string of the molecule is N=Nc1c(NCCc2cccs2)ncnc1NC1CC(O)C(COS(N)(=O)=O)C1. The average molecular weight is 442 g/mol. The van der Waals surface area contributed by atoms with Crippen LogP contribution in [0.15, 0.2) is 29.0 Å². The van der Waals surface area contributed by atoms with Crippen molar-refractivity contribution in [2.24, 2.45) is 16.2 Å². The standard InChI is InChI=1S/C16H23N7O4S2/c17-23-14-15(19-4-3-12-2-1-5-28-12)20-9-21-16(14)22-11-6-10(13(24)7-11)8-27-29(18,25)26/h1-2,5,9-11,13,17,24H,3-4,6-8H2,(H2,18,25,26)(H2,19,20,21,22). The lowest BCUT2D eigenvalue weighted by molar-refractivity contribution is 0.101. The summed E-state index contributed by atoms with van der Waals surface area (Å²) in [5, 5.41) is 26.9. The van der Waals surface area contributed by atoms with Crippen LogP contribution < -0.4 is 15.8 Å². The van der Waals surface area contributed by atoms with Crippen molar-refractivity contribution >= 4 is 39.0 Å². The Kier molecular flexibility index (Phi) is 7.08. The maximum absolute atomic E-state index is 11.0. The smallest absolute Gasteiger partial charge is 0.333 e. The second-order valence-corrected chi connectivity index (χ2v) is 8.96. The Labute approximate surface area is 172 Å². The van der Waals surface area contributed by atoms with Gasteiger partial charge >= 0.3 is 10.3 Å². The largest absolute Gasteiger partial charge is 0.393 e. The molecule has 158 valence electrons. The van der Waals surface area contributed by atoms with E-state index in [2.05, 4.69) is 36.0 Å². The number of aliphatic hydroxyl groups is 1. The van der Waals surface area contributed by atoms with Gasteiger partial charge in [0.05, 0.1) is 12.7 Å². The van der Waals surface area contributed by atoms with Gasteiger partial charge in [0.2, 0.25) is 0 Å². The fourth-order valence-electron chi connectivity index (χ4n) is 3.25. The molecule has 3 rings (SSSR count). The van der Waals surface area contributed by atoms with E-state index in [0.29, 0.717) is 31.0 Å². The maximum Gasteiger partial charge on any atom is 0.333 e. The van der Waals surface area contributed by atoms with Crippen molar-refractivity contribution in [2.75, 3.05) is 23.8 Å². The third-order valence-corrected chi connectivity index (χ3v) is 6.02. The highest BCUT2D eigenvalue weighted by molar-refractivity contribution is 7.84. The predicted octanol–water partition coefficient (Wildman–Crippen LogP) is 1.63. The van der Waals surface area contributed by atoms with Gasteiger partial charge in [-0.3, -0.25) is 4.18 Å². The number of thiophene rings is 1. The van der Waals surface area contributed by atoms with E-state index in [1.807, 2.05) is 11.4 Å². The molecule has 0 amide bonds. The summed E-state index contributed by atoms with van der Waals surface area (Å²) in [4.78, 5) is 9.57. The highest BCUT2D eigenvalue weighted by Crippen LogP contribution is 2.34. The molecular formula is C16H23N7O4S2. The number of nitrogens with two attached hydrogens (primary N) is 1. The van der Waals surface area contributed by atoms with Gasteiger partial charge in [-0.2, -0.15) is 13.5 Å². The normalized spacial score (nSPS) is 21.8. The molecule has 0 spiro atoms. The Morgan fingerprint density at radius 3 is 2.86 bits per heavy atom. The average Bonchev–Trinajstić information content (AvgIpc) is 3.29. The molecule has 6 N–H and O–H groups in total. The number of hydrogen-bond acceptors (Lipinski definition) is 11. The van der Waals surface area contributed by atoms with Crippen molar-refractivity contribution in [3.05, 3.63) is 28.7 Å². The summed E-state index contributed by atoms with van der Waals surface area (Å²) in [6, 6.07) is 3.86. The van der Waals surface area contributed by atoms with Crippen LogP contribution in [0.25, 0.3) is 0 Å². The van der Waals surface area contributed by atoms with E-state index in [1.54, 1.807) is 11.3 Å². The molecule has 3 atom stereocenters. The van der Waals surface area contributed by atoms with E-state index in [9.17, 15) is 13.5 Å². The molecule has 0 bridgehead atoms. The third-order valence-electron chi connectivity index (χ3n) is 4.62. The second kappa shape index (κ2) is 9.54. The molecule has 0 aliphatic heterocycles. The number of nitrogens with one attached hydrogen (secondary N) is 3. The molecule has 13 heteroatoms. The van der Waals surface area contributed by atoms with E-state index in [1.165, 1.54) is 11.2 Å². The van der Waals surface area contributed by atoms with Gasteiger partial charge in [-0.25, -0.2) is 20.6 Å². The Morgan fingerprint density at radius 2 is 2.17 bits per heavy atom. The molecule has 2 aromatic rings. The van der Waals surface area contributed by atoms with Crippen molar-refractivity contribution in [3.8, 4) is 0 Å². The van der Waals surface area contributed by atoms with Crippen LogP contribution in [0.1, 0.15) is 17.7 Å². The zero-order valence-corrected chi connectivity index (χ0v) is 17.1. The van der Waals surface area contributed by atoms with Crippen molar-refractivity contribution in [2.45, 2.75) is 31.4 Å². The minimum Gasteiger partial charge on any atom is -0.393 e. The van der Waals surface area contributed by atoms with Crippen molar-refractivity contribution < 1.29 is 17.7 Å². The maximum atomic E-state index is 11.0. The lowest BCUT2D eigenvalue weighted by Crippen LogP contribution is -2.24. The van der Waals surface area contributed by atoms with Crippen LogP contribution in [-0.4, -0.2) is 48.8 Å². The van der Waals surface area contributed by atoms with Crippen molar-refractivity contribution in [3.63, 3.8) is 0 Å². The number of hydrogen-bond donors (Lipinski definition) is 5. The zero-order valence-electron chi connectivity index (χ0n) is 15.5. The van der Waals surface area contributed by atoms with Gasteiger partial charge in [0.15, 0.2) is 17.3 Å². The molecule has 0 radical (unpaired) electrons. The molecule has 3 unspecified atom stereocenters. The monoisotopic (exact) mass is 441 g/mol. The summed E-state index contributed by atoms with van der Waals surface area (Å²) in [5.41, 5.74) is 7.78. The predicted molar refractivity (Wildman–Crippen MR) is 109 cm³/mol. The molecular weight excluding hydrogens is 418 g/mol. The topological polar surface area (TPSA) is 176 Å². The van der Waals surface area contributed by atoms with E-state index >= 15 is 0 Å². The van der Waals surface area contributed by atoms with E-state index in [-0.39, 0.29) is 24.3 Å². The summed E-state index contributed by atoms with van der Waals surface area (Å²) in [6.07, 6.45) is 2.29. The molecule has 1 fully saturated rings. The Hall–Kier alpha value is -2.19. The summed E-state index contributed by atoms with van der Waals surface area (Å²) in [6.45, 7) is 0.446. The van der Waals surface area contributed by atoms with Crippen LogP contribution in [0.4, 0.5) is 17.3 Å². The first-order valence-corrected chi connectivity index (χ1v) is 11.3. The van der Waals surface area contributed by atoms with Crippen LogP contribution in [0.5, 0.6) is 0 Å². The number of aromatic nitrogens is 2. The quantitative estimate of drug-likeness (QED) is 0.345. The van der Waals surface area contributed by atoms with Crippen molar-refractivity contribution in [1.82, 2.24) is 9.97 Å². The van der Waals surface area contributed by atoms with Crippen molar-refractivity contribution in [1.29, 1.82) is 5.53 Å². The van der Waals surface area contributed by atoms with Gasteiger partial charge in [0.25, 0.3) is 0 Å². The van der Waals surface area contributed by atoms with Crippen LogP contribution in [0.3, 0.4) is 0 Å². The van der Waals surface area contributed by atoms with E-state index in [4.69, 9.17) is 10.7 Å². The van der Waals surface area contributed by atoms with Gasteiger partial charge in [-0.1, -0.05) is 6.07 Å². The molecule has 29 heavy (non-hydrogen) atoms.